The zero-order chi connectivity index (χ0) is 17.5. The summed E-state index contributed by atoms with van der Waals surface area (Å²) in [6, 6.07) is 8.23. The minimum Gasteiger partial charge on any atom is -0.353 e. The fourth-order valence-corrected chi connectivity index (χ4v) is 4.17. The number of hydrogen-bond donors (Lipinski definition) is 0. The molecule has 0 atom stereocenters. The third-order valence-corrected chi connectivity index (χ3v) is 5.42. The van der Waals surface area contributed by atoms with E-state index >= 15 is 0 Å². The van der Waals surface area contributed by atoms with Crippen molar-refractivity contribution in [2.45, 2.75) is 26.2 Å². The lowest BCUT2D eigenvalue weighted by Gasteiger charge is -2.37. The van der Waals surface area contributed by atoms with Crippen molar-refractivity contribution in [1.29, 1.82) is 0 Å². The van der Waals surface area contributed by atoms with Crippen LogP contribution < -0.4 is 9.80 Å². The summed E-state index contributed by atoms with van der Waals surface area (Å²) in [6.45, 7) is 5.81. The third kappa shape index (κ3) is 2.57. The Morgan fingerprint density at radius 1 is 0.846 bits per heavy atom. The van der Waals surface area contributed by atoms with Crippen molar-refractivity contribution in [2.24, 2.45) is 0 Å². The first kappa shape index (κ1) is 15.5. The maximum atomic E-state index is 4.79. The van der Waals surface area contributed by atoms with Crippen LogP contribution in [0, 0.1) is 6.92 Å². The first-order chi connectivity index (χ1) is 12.8. The van der Waals surface area contributed by atoms with Gasteiger partial charge in [-0.1, -0.05) is 12.1 Å². The molecule has 1 fully saturated rings. The van der Waals surface area contributed by atoms with Crippen LogP contribution in [0.1, 0.15) is 23.5 Å². The Kier molecular flexibility index (Phi) is 3.69. The van der Waals surface area contributed by atoms with Gasteiger partial charge in [-0.2, -0.15) is 0 Å². The summed E-state index contributed by atoms with van der Waals surface area (Å²) in [5.41, 5.74) is 3.64. The van der Waals surface area contributed by atoms with Crippen molar-refractivity contribution in [2.75, 3.05) is 36.0 Å². The maximum absolute atomic E-state index is 4.79. The van der Waals surface area contributed by atoms with E-state index in [1.165, 1.54) is 17.7 Å². The van der Waals surface area contributed by atoms with E-state index in [1.54, 1.807) is 6.33 Å². The van der Waals surface area contributed by atoms with Gasteiger partial charge in [0.05, 0.1) is 5.52 Å². The van der Waals surface area contributed by atoms with Gasteiger partial charge in [0.1, 0.15) is 23.8 Å². The first-order valence-electron chi connectivity index (χ1n) is 9.35. The van der Waals surface area contributed by atoms with Crippen molar-refractivity contribution >= 4 is 22.5 Å². The molecule has 1 aromatic carbocycles. The molecule has 6 nitrogen and oxygen atoms in total. The summed E-state index contributed by atoms with van der Waals surface area (Å²) in [5, 5.41) is 1.13. The average molecular weight is 346 g/mol. The zero-order valence-corrected chi connectivity index (χ0v) is 15.0. The van der Waals surface area contributed by atoms with Crippen LogP contribution in [0.3, 0.4) is 0 Å². The van der Waals surface area contributed by atoms with Gasteiger partial charge in [0.2, 0.25) is 0 Å². The number of nitrogens with zero attached hydrogens (tertiary/aromatic N) is 6. The lowest BCUT2D eigenvalue weighted by molar-refractivity contribution is 0.638. The standard InChI is InChI=1S/C20H22N6/c1-14-23-18-8-4-6-16(18)20(24-14)26-11-9-25(10-12-26)19-15-5-2-3-7-17(15)21-13-22-19/h2-3,5,7,13H,4,6,8-12H2,1H3. The predicted molar refractivity (Wildman–Crippen MR) is 103 cm³/mol. The minimum atomic E-state index is 0.893. The zero-order valence-electron chi connectivity index (χ0n) is 15.0. The van der Waals surface area contributed by atoms with Gasteiger partial charge in [0.25, 0.3) is 0 Å². The Hall–Kier alpha value is -2.76. The third-order valence-electron chi connectivity index (χ3n) is 5.42. The molecule has 26 heavy (non-hydrogen) atoms. The van der Waals surface area contributed by atoms with Crippen molar-refractivity contribution < 1.29 is 0 Å². The first-order valence-corrected chi connectivity index (χ1v) is 9.35. The molecule has 132 valence electrons. The highest BCUT2D eigenvalue weighted by Gasteiger charge is 2.26. The summed E-state index contributed by atoms with van der Waals surface area (Å²) in [5.74, 6) is 3.10. The fourth-order valence-electron chi connectivity index (χ4n) is 4.17. The summed E-state index contributed by atoms with van der Waals surface area (Å²) < 4.78 is 0. The number of fused-ring (bicyclic) bond motifs is 2. The molecule has 0 amide bonds. The highest BCUT2D eigenvalue weighted by atomic mass is 15.3. The average Bonchev–Trinajstić information content (AvgIpc) is 3.15. The summed E-state index contributed by atoms with van der Waals surface area (Å²) in [6.07, 6.45) is 5.08. The molecule has 0 N–H and O–H groups in total. The molecule has 0 unspecified atom stereocenters. The van der Waals surface area contributed by atoms with Crippen molar-refractivity contribution in [3.8, 4) is 0 Å². The Labute approximate surface area is 152 Å². The van der Waals surface area contributed by atoms with Crippen LogP contribution in [0.5, 0.6) is 0 Å². The van der Waals surface area contributed by atoms with Gasteiger partial charge in [0.15, 0.2) is 0 Å². The second-order valence-corrected chi connectivity index (χ2v) is 7.06. The molecular formula is C20H22N6. The van der Waals surface area contributed by atoms with Crippen LogP contribution >= 0.6 is 0 Å². The monoisotopic (exact) mass is 346 g/mol. The lowest BCUT2D eigenvalue weighted by Crippen LogP contribution is -2.47. The number of benzene rings is 1. The van der Waals surface area contributed by atoms with E-state index in [0.717, 1.165) is 67.4 Å². The minimum absolute atomic E-state index is 0.893. The van der Waals surface area contributed by atoms with Gasteiger partial charge in [-0.25, -0.2) is 19.9 Å². The summed E-state index contributed by atoms with van der Waals surface area (Å²) in [7, 11) is 0. The van der Waals surface area contributed by atoms with E-state index in [2.05, 4.69) is 36.9 Å². The quantitative estimate of drug-likeness (QED) is 0.711. The lowest BCUT2D eigenvalue weighted by atomic mass is 10.2. The number of aryl methyl sites for hydroxylation is 2. The van der Waals surface area contributed by atoms with Crippen LogP contribution in [-0.2, 0) is 12.8 Å². The Bertz CT molecular complexity index is 956. The smallest absolute Gasteiger partial charge is 0.140 e. The van der Waals surface area contributed by atoms with E-state index in [9.17, 15) is 0 Å². The normalized spacial score (nSPS) is 17.0. The number of para-hydroxylation sites is 1. The summed E-state index contributed by atoms with van der Waals surface area (Å²) >= 11 is 0. The van der Waals surface area contributed by atoms with E-state index in [4.69, 9.17) is 4.98 Å². The van der Waals surface area contributed by atoms with Crippen molar-refractivity contribution in [1.82, 2.24) is 19.9 Å². The van der Waals surface area contributed by atoms with Crippen LogP contribution in [0.25, 0.3) is 10.9 Å². The van der Waals surface area contributed by atoms with E-state index in [-0.39, 0.29) is 0 Å². The van der Waals surface area contributed by atoms with E-state index in [1.807, 2.05) is 19.1 Å². The van der Waals surface area contributed by atoms with Gasteiger partial charge >= 0.3 is 0 Å². The number of aromatic nitrogens is 4. The predicted octanol–water partition coefficient (Wildman–Crippen LogP) is 2.54. The van der Waals surface area contributed by atoms with E-state index in [0.29, 0.717) is 0 Å². The van der Waals surface area contributed by atoms with Crippen molar-refractivity contribution in [3.63, 3.8) is 0 Å². The number of piperazine rings is 1. The van der Waals surface area contributed by atoms with Crippen LogP contribution in [0.2, 0.25) is 0 Å². The molecule has 3 aromatic rings. The largest absolute Gasteiger partial charge is 0.353 e. The molecule has 6 heteroatoms. The molecule has 1 aliphatic heterocycles. The van der Waals surface area contributed by atoms with Crippen molar-refractivity contribution in [3.05, 3.63) is 47.7 Å². The van der Waals surface area contributed by atoms with E-state index < -0.39 is 0 Å². The molecule has 3 heterocycles. The molecular weight excluding hydrogens is 324 g/mol. The SMILES string of the molecule is Cc1nc2c(c(N3CCN(c4ncnc5ccccc45)CC3)n1)CCC2. The highest BCUT2D eigenvalue weighted by Crippen LogP contribution is 2.30. The van der Waals surface area contributed by atoms with Crippen LogP contribution in [0.4, 0.5) is 11.6 Å². The highest BCUT2D eigenvalue weighted by molar-refractivity contribution is 5.89. The van der Waals surface area contributed by atoms with Crippen LogP contribution in [0.15, 0.2) is 30.6 Å². The number of anilines is 2. The van der Waals surface area contributed by atoms with Gasteiger partial charge in [-0.15, -0.1) is 0 Å². The molecule has 2 aliphatic rings. The molecule has 1 saturated heterocycles. The van der Waals surface area contributed by atoms with Gasteiger partial charge < -0.3 is 9.80 Å². The molecule has 2 aromatic heterocycles. The number of hydrogen-bond acceptors (Lipinski definition) is 6. The Balaban J connectivity index is 1.40. The fraction of sp³-hybridized carbons (Fsp3) is 0.400. The molecule has 5 rings (SSSR count). The van der Waals surface area contributed by atoms with Gasteiger partial charge in [-0.3, -0.25) is 0 Å². The topological polar surface area (TPSA) is 58.0 Å². The Morgan fingerprint density at radius 2 is 1.62 bits per heavy atom. The molecule has 0 radical (unpaired) electrons. The number of rotatable bonds is 2. The summed E-state index contributed by atoms with van der Waals surface area (Å²) in [4.78, 5) is 23.2. The van der Waals surface area contributed by atoms with Gasteiger partial charge in [-0.05, 0) is 38.3 Å². The molecule has 0 spiro atoms. The second kappa shape index (κ2) is 6.20. The van der Waals surface area contributed by atoms with Gasteiger partial charge in [0, 0.05) is 42.8 Å². The molecule has 0 bridgehead atoms. The molecule has 0 saturated carbocycles. The maximum Gasteiger partial charge on any atom is 0.140 e. The van der Waals surface area contributed by atoms with Crippen LogP contribution in [-0.4, -0.2) is 46.1 Å². The Morgan fingerprint density at radius 3 is 2.46 bits per heavy atom. The molecule has 1 aliphatic carbocycles. The second-order valence-electron chi connectivity index (χ2n) is 7.06.